The van der Waals surface area contributed by atoms with Gasteiger partial charge in [-0.3, -0.25) is 18.7 Å². The fraction of sp³-hybridized carbons (Fsp3) is 0.538. The smallest absolute Gasteiger partial charge is 0.370 e. The molecule has 2 amide bonds. The summed E-state index contributed by atoms with van der Waals surface area (Å²) in [5.41, 5.74) is 5.17. The molecule has 0 aromatic carbocycles. The number of rotatable bonds is 11. The second kappa shape index (κ2) is 9.80. The first-order valence-corrected chi connectivity index (χ1v) is 12.4. The number of β-lactam (4-membered cyclic amide) rings is 1. The third-order valence-corrected chi connectivity index (χ3v) is 6.77. The van der Waals surface area contributed by atoms with Gasteiger partial charge in [0.2, 0.25) is 6.35 Å². The van der Waals surface area contributed by atoms with Gasteiger partial charge >= 0.3 is 17.9 Å². The van der Waals surface area contributed by atoms with Gasteiger partial charge in [-0.05, 0) is 13.8 Å². The summed E-state index contributed by atoms with van der Waals surface area (Å²) in [7, 11) is -8.31. The minimum absolute atomic E-state index is 0.0102. The van der Waals surface area contributed by atoms with Crippen LogP contribution in [0.4, 0.5) is 5.13 Å². The van der Waals surface area contributed by atoms with Gasteiger partial charge in [0.15, 0.2) is 10.8 Å². The van der Waals surface area contributed by atoms with Crippen LogP contribution in [-0.2, 0) is 38.3 Å². The van der Waals surface area contributed by atoms with Gasteiger partial charge in [-0.25, -0.2) is 9.29 Å². The molecular weight excluding hydrogens is 465 g/mol. The van der Waals surface area contributed by atoms with E-state index in [0.29, 0.717) is 0 Å². The molecule has 1 fully saturated rings. The molecule has 0 aliphatic carbocycles. The number of nitrogens with zero attached hydrogens (tertiary/aromatic N) is 3. The van der Waals surface area contributed by atoms with Crippen LogP contribution in [0.15, 0.2) is 10.5 Å². The first kappa shape index (κ1) is 24.2. The maximum absolute atomic E-state index is 12.6. The van der Waals surface area contributed by atoms with E-state index in [9.17, 15) is 22.6 Å². The Morgan fingerprint density at radius 3 is 2.57 bits per heavy atom. The van der Waals surface area contributed by atoms with E-state index in [1.807, 2.05) is 0 Å². The van der Waals surface area contributed by atoms with E-state index in [1.54, 1.807) is 13.8 Å². The summed E-state index contributed by atoms with van der Waals surface area (Å²) in [6.07, 6.45) is -0.593. The summed E-state index contributed by atoms with van der Waals surface area (Å²) in [5.74, 6) is -1.96. The molecule has 4 N–H and O–H groups in total. The third kappa shape index (κ3) is 5.96. The summed E-state index contributed by atoms with van der Waals surface area (Å²) in [5, 5.41) is 7.40. The highest BCUT2D eigenvalue weighted by atomic mass is 32.2. The Bertz CT molecular complexity index is 969. The number of nitrogen functional groups attached to an aromatic ring is 1. The van der Waals surface area contributed by atoms with Crippen molar-refractivity contribution in [2.24, 2.45) is 5.16 Å². The third-order valence-electron chi connectivity index (χ3n) is 3.48. The zero-order valence-corrected chi connectivity index (χ0v) is 18.4. The molecule has 30 heavy (non-hydrogen) atoms. The molecule has 1 aliphatic heterocycles. The van der Waals surface area contributed by atoms with Crippen molar-refractivity contribution in [2.75, 3.05) is 31.8 Å². The molecule has 1 aliphatic rings. The summed E-state index contributed by atoms with van der Waals surface area (Å²) in [6, 6.07) is -1.21. The second-order valence-corrected chi connectivity index (χ2v) is 9.81. The van der Waals surface area contributed by atoms with Crippen molar-refractivity contribution in [3.63, 3.8) is 0 Å². The molecule has 0 unspecified atom stereocenters. The first-order valence-electron chi connectivity index (χ1n) is 8.40. The van der Waals surface area contributed by atoms with Crippen molar-refractivity contribution in [3.8, 4) is 0 Å². The predicted octanol–water partition coefficient (Wildman–Crippen LogP) is -0.201. The van der Waals surface area contributed by atoms with Crippen LogP contribution in [0.3, 0.4) is 0 Å². The molecule has 168 valence electrons. The second-order valence-electron chi connectivity index (χ2n) is 5.59. The van der Waals surface area contributed by atoms with Crippen molar-refractivity contribution in [1.29, 1.82) is 0 Å². The minimum Gasteiger partial charge on any atom is -0.382 e. The number of carbonyl (C=O) groups is 2. The molecule has 0 spiro atoms. The lowest BCUT2D eigenvalue weighted by molar-refractivity contribution is -0.139. The molecule has 2 heterocycles. The van der Waals surface area contributed by atoms with Crippen LogP contribution in [0.1, 0.15) is 19.5 Å². The van der Waals surface area contributed by atoms with Gasteiger partial charge in [-0.15, -0.1) is 11.3 Å². The molecule has 1 aromatic rings. The number of nitrogens with one attached hydrogen (secondary N) is 1. The molecule has 14 nitrogen and oxygen atoms in total. The minimum atomic E-state index is -4.70. The topological polar surface area (TPSA) is 200 Å². The van der Waals surface area contributed by atoms with E-state index in [2.05, 4.69) is 15.5 Å². The molecular formula is C13H20N5O9PS2. The lowest BCUT2D eigenvalue weighted by atomic mass is 10.1. The van der Waals surface area contributed by atoms with Gasteiger partial charge in [-0.1, -0.05) is 5.16 Å². The number of hydrogen-bond donors (Lipinski definition) is 3. The number of carbonyl (C=O) groups excluding carboxylic acids is 2. The zero-order valence-electron chi connectivity index (χ0n) is 15.9. The molecule has 2 rings (SSSR count). The molecule has 0 saturated carbocycles. The monoisotopic (exact) mass is 485 g/mol. The highest BCUT2D eigenvalue weighted by Crippen LogP contribution is 2.47. The van der Waals surface area contributed by atoms with Crippen molar-refractivity contribution < 1.29 is 41.0 Å². The predicted molar refractivity (Wildman–Crippen MR) is 105 cm³/mol. The molecule has 0 bridgehead atoms. The van der Waals surface area contributed by atoms with Gasteiger partial charge in [0.1, 0.15) is 11.7 Å². The van der Waals surface area contributed by atoms with Crippen LogP contribution in [-0.4, -0.2) is 71.9 Å². The zero-order chi connectivity index (χ0) is 22.5. The van der Waals surface area contributed by atoms with Crippen LogP contribution in [0.2, 0.25) is 0 Å². The number of aromatic nitrogens is 1. The molecule has 1 atom stereocenters. The number of thiazole rings is 1. The maximum atomic E-state index is 12.6. The van der Waals surface area contributed by atoms with Crippen molar-refractivity contribution in [3.05, 3.63) is 11.1 Å². The van der Waals surface area contributed by atoms with E-state index in [4.69, 9.17) is 24.2 Å². The summed E-state index contributed by atoms with van der Waals surface area (Å²) in [6.45, 7) is 2.94. The largest absolute Gasteiger partial charge is 0.382 e. The van der Waals surface area contributed by atoms with E-state index in [1.165, 1.54) is 5.38 Å². The average molecular weight is 485 g/mol. The van der Waals surface area contributed by atoms with E-state index in [0.717, 1.165) is 11.3 Å². The van der Waals surface area contributed by atoms with Crippen LogP contribution < -0.4 is 11.1 Å². The number of oxime groups is 1. The average Bonchev–Trinajstić information content (AvgIpc) is 3.06. The number of hydrogen-bond acceptors (Lipinski definition) is 12. The summed E-state index contributed by atoms with van der Waals surface area (Å²) in [4.78, 5) is 33.2. The van der Waals surface area contributed by atoms with Crippen LogP contribution in [0, 0.1) is 0 Å². The van der Waals surface area contributed by atoms with Crippen molar-refractivity contribution in [1.82, 2.24) is 14.6 Å². The molecule has 17 heteroatoms. The normalized spacial score (nSPS) is 17.6. The van der Waals surface area contributed by atoms with Crippen LogP contribution >= 0.6 is 18.9 Å². The lowest BCUT2D eigenvalue weighted by Crippen LogP contribution is -2.65. The van der Waals surface area contributed by atoms with Crippen molar-refractivity contribution >= 4 is 51.9 Å². The number of amides is 2. The number of anilines is 1. The van der Waals surface area contributed by atoms with Crippen LogP contribution in [0.5, 0.6) is 0 Å². The molecule has 1 saturated heterocycles. The highest BCUT2D eigenvalue weighted by molar-refractivity contribution is 7.84. The molecule has 1 aromatic heterocycles. The Balaban J connectivity index is 2.14. The molecule has 0 radical (unpaired) electrons. The fourth-order valence-electron chi connectivity index (χ4n) is 2.21. The van der Waals surface area contributed by atoms with Gasteiger partial charge in [0, 0.05) is 5.38 Å². The Kier molecular flexibility index (Phi) is 7.90. The standard InChI is InChI=1S/C13H20N5O9PS2/c1-3-26-28(21,27-4-2)7-25-17-10(9-6-29-13(14)16-9)11(19)15-8-5-18(12(8)20)30(22,23)24/h6,8H,3-5,7H2,1-2H3,(H2,14,16)(H,15,19)(H,22,23,24)/t8-/m0/s1. The Labute approximate surface area is 175 Å². The van der Waals surface area contributed by atoms with Gasteiger partial charge in [0.25, 0.3) is 11.8 Å². The van der Waals surface area contributed by atoms with Crippen LogP contribution in [0.25, 0.3) is 0 Å². The maximum Gasteiger partial charge on any atom is 0.370 e. The Morgan fingerprint density at radius 2 is 2.10 bits per heavy atom. The first-order chi connectivity index (χ1) is 14.0. The fourth-order valence-corrected chi connectivity index (χ4v) is 4.66. The van der Waals surface area contributed by atoms with Gasteiger partial charge < -0.3 is 24.9 Å². The number of nitrogens with two attached hydrogens (primary N) is 1. The highest BCUT2D eigenvalue weighted by Gasteiger charge is 2.45. The van der Waals surface area contributed by atoms with E-state index >= 15 is 0 Å². The van der Waals surface area contributed by atoms with Crippen molar-refractivity contribution in [2.45, 2.75) is 19.9 Å². The summed E-state index contributed by atoms with van der Waals surface area (Å²) < 4.78 is 53.5. The van der Waals surface area contributed by atoms with Gasteiger partial charge in [-0.2, -0.15) is 8.42 Å². The van der Waals surface area contributed by atoms with Gasteiger partial charge in [0.05, 0.1) is 19.8 Å². The van der Waals surface area contributed by atoms with E-state index < -0.39 is 54.4 Å². The Hall–Kier alpha value is -2.10. The Morgan fingerprint density at radius 1 is 1.47 bits per heavy atom. The lowest BCUT2D eigenvalue weighted by Gasteiger charge is -2.35. The van der Waals surface area contributed by atoms with E-state index in [-0.39, 0.29) is 28.3 Å². The SMILES string of the molecule is CCOP(=O)(CON=C(C(=O)N[C@H]1CN(S(=O)(=O)O)C1=O)c1csc(N)n1)OCC. The summed E-state index contributed by atoms with van der Waals surface area (Å²) >= 11 is 1.01. The quantitative estimate of drug-likeness (QED) is 0.123.